The second kappa shape index (κ2) is 5.61. The highest BCUT2D eigenvalue weighted by atomic mass is 79.9. The third-order valence-electron chi connectivity index (χ3n) is 1.88. The molecule has 1 rings (SSSR count). The van der Waals surface area contributed by atoms with Gasteiger partial charge in [0.2, 0.25) is 0 Å². The fourth-order valence-corrected chi connectivity index (χ4v) is 2.10. The van der Waals surface area contributed by atoms with Crippen LogP contribution in [0.3, 0.4) is 0 Å². The van der Waals surface area contributed by atoms with E-state index in [0.29, 0.717) is 15.4 Å². The van der Waals surface area contributed by atoms with E-state index >= 15 is 0 Å². The van der Waals surface area contributed by atoms with E-state index in [0.717, 1.165) is 5.56 Å². The third-order valence-corrected chi connectivity index (χ3v) is 3.06. The van der Waals surface area contributed by atoms with Crippen LogP contribution in [0, 0.1) is 5.82 Å². The van der Waals surface area contributed by atoms with Crippen molar-refractivity contribution in [2.24, 2.45) is 0 Å². The van der Waals surface area contributed by atoms with Crippen LogP contribution >= 0.6 is 31.9 Å². The average molecular weight is 340 g/mol. The molecular formula is C10H9Br2FO2. The third kappa shape index (κ3) is 3.28. The van der Waals surface area contributed by atoms with Gasteiger partial charge in [-0.2, -0.15) is 0 Å². The van der Waals surface area contributed by atoms with Gasteiger partial charge in [-0.1, -0.05) is 22.0 Å². The lowest BCUT2D eigenvalue weighted by atomic mass is 10.1. The first-order valence-corrected chi connectivity index (χ1v) is 6.09. The molecule has 0 heterocycles. The highest BCUT2D eigenvalue weighted by molar-refractivity contribution is 9.10. The number of halogens is 3. The Morgan fingerprint density at radius 1 is 1.53 bits per heavy atom. The van der Waals surface area contributed by atoms with E-state index in [-0.39, 0.29) is 18.2 Å². The van der Waals surface area contributed by atoms with Crippen molar-refractivity contribution in [1.29, 1.82) is 0 Å². The summed E-state index contributed by atoms with van der Waals surface area (Å²) < 4.78 is 18.3. The first-order valence-electron chi connectivity index (χ1n) is 4.18. The highest BCUT2D eigenvalue weighted by Crippen LogP contribution is 2.23. The van der Waals surface area contributed by atoms with E-state index in [1.807, 2.05) is 0 Å². The summed E-state index contributed by atoms with van der Waals surface area (Å²) in [4.78, 5) is 11.0. The van der Waals surface area contributed by atoms with Crippen LogP contribution in [0.4, 0.5) is 4.39 Å². The Morgan fingerprint density at radius 2 is 2.20 bits per heavy atom. The van der Waals surface area contributed by atoms with Gasteiger partial charge < -0.3 is 4.74 Å². The van der Waals surface area contributed by atoms with Crippen LogP contribution in [0.15, 0.2) is 16.6 Å². The Labute approximate surface area is 104 Å². The minimum Gasteiger partial charge on any atom is -0.469 e. The van der Waals surface area contributed by atoms with Gasteiger partial charge in [-0.3, -0.25) is 4.79 Å². The van der Waals surface area contributed by atoms with Crippen molar-refractivity contribution in [3.63, 3.8) is 0 Å². The van der Waals surface area contributed by atoms with Crippen molar-refractivity contribution >= 4 is 37.8 Å². The van der Waals surface area contributed by atoms with E-state index in [9.17, 15) is 9.18 Å². The summed E-state index contributed by atoms with van der Waals surface area (Å²) in [5, 5.41) is 0.409. The fraction of sp³-hybridized carbons (Fsp3) is 0.300. The summed E-state index contributed by atoms with van der Waals surface area (Å²) in [7, 11) is 1.33. The van der Waals surface area contributed by atoms with Gasteiger partial charge in [-0.05, 0) is 33.1 Å². The molecule has 0 fully saturated rings. The van der Waals surface area contributed by atoms with Crippen molar-refractivity contribution in [1.82, 2.24) is 0 Å². The minimum atomic E-state index is -0.339. The molecule has 1 aromatic rings. The molecule has 0 atom stereocenters. The largest absolute Gasteiger partial charge is 0.469 e. The molecule has 0 saturated heterocycles. The molecule has 0 aliphatic heterocycles. The van der Waals surface area contributed by atoms with Crippen LogP contribution in [0.1, 0.15) is 11.1 Å². The van der Waals surface area contributed by atoms with Crippen LogP contribution < -0.4 is 0 Å². The lowest BCUT2D eigenvalue weighted by Crippen LogP contribution is -2.05. The maximum atomic E-state index is 13.4. The summed E-state index contributed by atoms with van der Waals surface area (Å²) in [5.74, 6) is -0.644. The van der Waals surface area contributed by atoms with E-state index in [1.54, 1.807) is 12.1 Å². The number of hydrogen-bond acceptors (Lipinski definition) is 2. The van der Waals surface area contributed by atoms with E-state index in [4.69, 9.17) is 0 Å². The molecule has 0 N–H and O–H groups in total. The normalized spacial score (nSPS) is 10.1. The molecule has 0 spiro atoms. The van der Waals surface area contributed by atoms with E-state index in [2.05, 4.69) is 36.6 Å². The summed E-state index contributed by atoms with van der Waals surface area (Å²) in [6.45, 7) is 0. The Hall–Kier alpha value is -0.420. The van der Waals surface area contributed by atoms with Crippen molar-refractivity contribution < 1.29 is 13.9 Å². The van der Waals surface area contributed by atoms with Gasteiger partial charge >= 0.3 is 5.97 Å². The Balaban J connectivity index is 3.00. The van der Waals surface area contributed by atoms with Gasteiger partial charge in [-0.15, -0.1) is 0 Å². The zero-order valence-corrected chi connectivity index (χ0v) is 11.2. The number of hydrogen-bond donors (Lipinski definition) is 0. The Morgan fingerprint density at radius 3 is 2.73 bits per heavy atom. The topological polar surface area (TPSA) is 26.3 Å². The molecule has 0 unspecified atom stereocenters. The SMILES string of the molecule is COC(=O)Cc1cc(Br)c(F)c(CBr)c1. The molecule has 5 heteroatoms. The number of alkyl halides is 1. The number of ether oxygens (including phenoxy) is 1. The predicted octanol–water partition coefficient (Wildman–Crippen LogP) is 3.20. The van der Waals surface area contributed by atoms with E-state index < -0.39 is 0 Å². The van der Waals surface area contributed by atoms with Gasteiger partial charge in [0.25, 0.3) is 0 Å². The van der Waals surface area contributed by atoms with Crippen LogP contribution in [-0.2, 0) is 21.3 Å². The maximum Gasteiger partial charge on any atom is 0.309 e. The molecule has 0 aliphatic rings. The quantitative estimate of drug-likeness (QED) is 0.624. The predicted molar refractivity (Wildman–Crippen MR) is 62.5 cm³/mol. The fourth-order valence-electron chi connectivity index (χ4n) is 1.15. The number of methoxy groups -OCH3 is 1. The average Bonchev–Trinajstić information content (AvgIpc) is 2.22. The van der Waals surface area contributed by atoms with Gasteiger partial charge in [0, 0.05) is 5.33 Å². The summed E-state index contributed by atoms with van der Waals surface area (Å²) in [6.07, 6.45) is 0.148. The summed E-state index contributed by atoms with van der Waals surface area (Å²) in [5.41, 5.74) is 1.24. The summed E-state index contributed by atoms with van der Waals surface area (Å²) in [6, 6.07) is 3.23. The van der Waals surface area contributed by atoms with Crippen LogP contribution in [0.2, 0.25) is 0 Å². The number of carbonyl (C=O) groups is 1. The van der Waals surface area contributed by atoms with E-state index in [1.165, 1.54) is 7.11 Å². The zero-order chi connectivity index (χ0) is 11.4. The molecule has 0 bridgehead atoms. The number of benzene rings is 1. The van der Waals surface area contributed by atoms with Crippen molar-refractivity contribution in [3.8, 4) is 0 Å². The summed E-state index contributed by atoms with van der Waals surface area (Å²) >= 11 is 6.28. The zero-order valence-electron chi connectivity index (χ0n) is 8.02. The Kier molecular flexibility index (Phi) is 4.73. The molecule has 82 valence electrons. The monoisotopic (exact) mass is 338 g/mol. The number of carbonyl (C=O) groups excluding carboxylic acids is 1. The minimum absolute atomic E-state index is 0.148. The molecule has 15 heavy (non-hydrogen) atoms. The van der Waals surface area contributed by atoms with Crippen molar-refractivity contribution in [2.75, 3.05) is 7.11 Å². The standard InChI is InChI=1S/C10H9Br2FO2/c1-15-9(14)4-6-2-7(5-11)10(13)8(12)3-6/h2-3H,4-5H2,1H3. The molecule has 0 aliphatic carbocycles. The maximum absolute atomic E-state index is 13.4. The second-order valence-electron chi connectivity index (χ2n) is 2.94. The Bertz CT molecular complexity index is 380. The molecule has 0 amide bonds. The van der Waals surface area contributed by atoms with Crippen molar-refractivity contribution in [2.45, 2.75) is 11.8 Å². The molecule has 2 nitrogen and oxygen atoms in total. The molecule has 0 saturated carbocycles. The van der Waals surface area contributed by atoms with Crippen molar-refractivity contribution in [3.05, 3.63) is 33.5 Å². The van der Waals surface area contributed by atoms with Gasteiger partial charge in [0.05, 0.1) is 18.0 Å². The molecule has 0 radical (unpaired) electrons. The van der Waals surface area contributed by atoms with Gasteiger partial charge in [-0.25, -0.2) is 4.39 Å². The molecule has 0 aromatic heterocycles. The molecule has 1 aromatic carbocycles. The smallest absolute Gasteiger partial charge is 0.309 e. The van der Waals surface area contributed by atoms with Gasteiger partial charge in [0.15, 0.2) is 0 Å². The first-order chi connectivity index (χ1) is 7.08. The van der Waals surface area contributed by atoms with Crippen LogP contribution in [0.25, 0.3) is 0 Å². The first kappa shape index (κ1) is 12.6. The number of rotatable bonds is 3. The van der Waals surface area contributed by atoms with Crippen LogP contribution in [-0.4, -0.2) is 13.1 Å². The highest BCUT2D eigenvalue weighted by Gasteiger charge is 2.10. The lowest BCUT2D eigenvalue weighted by molar-refractivity contribution is -0.139. The van der Waals surface area contributed by atoms with Gasteiger partial charge in [0.1, 0.15) is 5.82 Å². The van der Waals surface area contributed by atoms with Crippen LogP contribution in [0.5, 0.6) is 0 Å². The second-order valence-corrected chi connectivity index (χ2v) is 4.35. The lowest BCUT2D eigenvalue weighted by Gasteiger charge is -2.06. The number of esters is 1. The molecular weight excluding hydrogens is 331 g/mol.